The molecule has 1 N–H and O–H groups in total. The molecule has 0 radical (unpaired) electrons. The minimum atomic E-state index is -4.73. The third kappa shape index (κ3) is 5.09. The number of hydrogen-bond acceptors (Lipinski definition) is 7. The van der Waals surface area contributed by atoms with Crippen molar-refractivity contribution in [3.05, 3.63) is 50.8 Å². The van der Waals surface area contributed by atoms with Crippen molar-refractivity contribution < 1.29 is 27.0 Å². The lowest BCUT2D eigenvalue weighted by atomic mass is 9.98. The molecule has 1 aromatic carbocycles. The van der Waals surface area contributed by atoms with Crippen molar-refractivity contribution >= 4 is 34.0 Å². The molecule has 0 unspecified atom stereocenters. The maximum absolute atomic E-state index is 15.6. The summed E-state index contributed by atoms with van der Waals surface area (Å²) in [4.78, 5) is 16.7. The van der Waals surface area contributed by atoms with Gasteiger partial charge in [0.1, 0.15) is 22.8 Å². The Bertz CT molecular complexity index is 1710. The minimum Gasteiger partial charge on any atom is -0.489 e. The highest BCUT2D eigenvalue weighted by Crippen LogP contribution is 2.43. The molecule has 202 valence electrons. The first kappa shape index (κ1) is 26.7. The fourth-order valence-electron chi connectivity index (χ4n) is 4.01. The summed E-state index contributed by atoms with van der Waals surface area (Å²) in [6, 6.07) is 4.53. The van der Waals surface area contributed by atoms with Crippen molar-refractivity contribution in [1.29, 1.82) is 5.26 Å². The number of benzene rings is 1. The molecule has 0 bridgehead atoms. The fraction of sp³-hybridized carbons (Fsp3) is 0.292. The minimum absolute atomic E-state index is 0.0334. The van der Waals surface area contributed by atoms with Crippen LogP contribution in [0, 0.1) is 17.1 Å². The van der Waals surface area contributed by atoms with Crippen molar-refractivity contribution in [3.8, 4) is 40.2 Å². The van der Waals surface area contributed by atoms with Gasteiger partial charge in [0.15, 0.2) is 12.4 Å². The van der Waals surface area contributed by atoms with Crippen LogP contribution < -0.4 is 15.0 Å². The lowest BCUT2D eigenvalue weighted by Crippen LogP contribution is -2.21. The van der Waals surface area contributed by atoms with Gasteiger partial charge >= 0.3 is 6.18 Å². The van der Waals surface area contributed by atoms with E-state index in [-0.39, 0.29) is 67.3 Å². The summed E-state index contributed by atoms with van der Waals surface area (Å²) >= 11 is 12.1. The Balaban J connectivity index is 1.78. The molecule has 4 aromatic rings. The number of H-pyrrole nitrogens is 1. The first-order valence-electron chi connectivity index (χ1n) is 11.3. The normalized spacial score (nSPS) is 13.5. The maximum atomic E-state index is 15.6. The zero-order valence-corrected chi connectivity index (χ0v) is 21.4. The number of aromatic amines is 1. The number of nitriles is 1. The van der Waals surface area contributed by atoms with Crippen LogP contribution in [0.3, 0.4) is 0 Å². The molecule has 9 nitrogen and oxygen atoms in total. The van der Waals surface area contributed by atoms with Gasteiger partial charge in [-0.1, -0.05) is 11.6 Å². The van der Waals surface area contributed by atoms with Gasteiger partial charge in [-0.2, -0.15) is 28.6 Å². The zero-order valence-electron chi connectivity index (χ0n) is 19.9. The number of fused-ring (bicyclic) bond motifs is 1. The molecule has 5 rings (SSSR count). The van der Waals surface area contributed by atoms with Crippen LogP contribution in [-0.4, -0.2) is 43.8 Å². The lowest BCUT2D eigenvalue weighted by molar-refractivity contribution is -0.153. The Hall–Kier alpha value is -3.89. The molecule has 1 aliphatic carbocycles. The summed E-state index contributed by atoms with van der Waals surface area (Å²) in [7, 11) is 1.47. The van der Waals surface area contributed by atoms with Crippen LogP contribution in [0.5, 0.6) is 11.6 Å². The summed E-state index contributed by atoms with van der Waals surface area (Å²) < 4.78 is 66.6. The van der Waals surface area contributed by atoms with Crippen LogP contribution in [0.15, 0.2) is 23.1 Å². The van der Waals surface area contributed by atoms with E-state index in [0.29, 0.717) is 0 Å². The Labute approximate surface area is 226 Å². The number of alkyl halides is 4. The van der Waals surface area contributed by atoms with Crippen LogP contribution in [0.1, 0.15) is 24.1 Å². The zero-order chi connectivity index (χ0) is 28.1. The van der Waals surface area contributed by atoms with Gasteiger partial charge in [-0.25, -0.2) is 14.5 Å². The smallest absolute Gasteiger partial charge is 0.422 e. The van der Waals surface area contributed by atoms with Crippen LogP contribution in [0.4, 0.5) is 17.6 Å². The van der Waals surface area contributed by atoms with Gasteiger partial charge < -0.3 is 9.47 Å². The first-order chi connectivity index (χ1) is 18.5. The van der Waals surface area contributed by atoms with Gasteiger partial charge in [0.25, 0.3) is 5.56 Å². The van der Waals surface area contributed by atoms with E-state index in [1.165, 1.54) is 30.1 Å². The number of aryl methyl sites for hydroxylation is 1. The average molecular weight is 583 g/mol. The predicted octanol–water partition coefficient (Wildman–Crippen LogP) is 5.27. The standard InChI is InChI=1S/C24H16Cl2F4N6O3/c1-36-21(18-12(7-31)17(39-10-2-3-10)5-14(26)20(18)27)13(8-32-36)15-4-11-16(6-25)34-35-22(37)19(11)23(33-15)38-9-24(28,29)30/h4-5,8,10H,2-3,6,9H2,1H3,(H,35,37). The second-order valence-electron chi connectivity index (χ2n) is 8.65. The highest BCUT2D eigenvalue weighted by atomic mass is 35.5. The molecule has 0 aliphatic heterocycles. The van der Waals surface area contributed by atoms with Gasteiger partial charge in [-0.05, 0) is 18.9 Å². The first-order valence-corrected chi connectivity index (χ1v) is 12.2. The Morgan fingerprint density at radius 1 is 1.31 bits per heavy atom. The van der Waals surface area contributed by atoms with E-state index >= 15 is 4.39 Å². The van der Waals surface area contributed by atoms with Gasteiger partial charge in [-0.3, -0.25) is 9.48 Å². The molecule has 3 aromatic heterocycles. The van der Waals surface area contributed by atoms with Crippen LogP contribution >= 0.6 is 23.2 Å². The predicted molar refractivity (Wildman–Crippen MR) is 132 cm³/mol. The number of ether oxygens (including phenoxy) is 2. The second kappa shape index (κ2) is 10.0. The largest absolute Gasteiger partial charge is 0.489 e. The van der Waals surface area contributed by atoms with Gasteiger partial charge in [0.2, 0.25) is 5.88 Å². The molecular weight excluding hydrogens is 567 g/mol. The quantitative estimate of drug-likeness (QED) is 0.233. The van der Waals surface area contributed by atoms with Crippen LogP contribution in [0.25, 0.3) is 33.3 Å². The second-order valence-corrected chi connectivity index (χ2v) is 9.33. The van der Waals surface area contributed by atoms with Crippen molar-refractivity contribution in [3.63, 3.8) is 0 Å². The number of pyridine rings is 1. The third-order valence-corrected chi connectivity index (χ3v) is 6.41. The number of nitrogens with one attached hydrogen (secondary N) is 1. The summed E-state index contributed by atoms with van der Waals surface area (Å²) in [5, 5.41) is 19.6. The van der Waals surface area contributed by atoms with Crippen LogP contribution in [-0.2, 0) is 12.9 Å². The van der Waals surface area contributed by atoms with Gasteiger partial charge in [-0.15, -0.1) is 11.6 Å². The topological polar surface area (TPSA) is 119 Å². The Morgan fingerprint density at radius 2 is 2.05 bits per heavy atom. The van der Waals surface area contributed by atoms with Crippen molar-refractivity contribution in [2.24, 2.45) is 7.05 Å². The number of nitrogens with zero attached hydrogens (tertiary/aromatic N) is 5. The summed E-state index contributed by atoms with van der Waals surface area (Å²) in [5.74, 6) is -1.71. The fourth-order valence-corrected chi connectivity index (χ4v) is 4.41. The van der Waals surface area contributed by atoms with Gasteiger partial charge in [0, 0.05) is 24.1 Å². The molecule has 39 heavy (non-hydrogen) atoms. The molecule has 3 heterocycles. The van der Waals surface area contributed by atoms with E-state index < -0.39 is 30.0 Å². The monoisotopic (exact) mass is 582 g/mol. The van der Waals surface area contributed by atoms with Crippen molar-refractivity contribution in [1.82, 2.24) is 25.0 Å². The van der Waals surface area contributed by atoms with E-state index in [4.69, 9.17) is 32.7 Å². The molecule has 1 aliphatic rings. The molecule has 15 heteroatoms. The Morgan fingerprint density at radius 3 is 2.69 bits per heavy atom. The maximum Gasteiger partial charge on any atom is 0.422 e. The molecule has 0 spiro atoms. The average Bonchev–Trinajstić information content (AvgIpc) is 3.63. The van der Waals surface area contributed by atoms with E-state index in [1.807, 2.05) is 6.07 Å². The lowest BCUT2D eigenvalue weighted by Gasteiger charge is -2.16. The van der Waals surface area contributed by atoms with Gasteiger partial charge in [0.05, 0.1) is 45.8 Å². The number of aromatic nitrogens is 5. The summed E-state index contributed by atoms with van der Waals surface area (Å²) in [5.41, 5.74) is -1.02. The summed E-state index contributed by atoms with van der Waals surface area (Å²) in [6.07, 6.45) is -2.05. The van der Waals surface area contributed by atoms with E-state index in [9.17, 15) is 23.2 Å². The Kier molecular flexibility index (Phi) is 6.86. The molecular formula is C24H16Cl2F4N6O3. The highest BCUT2D eigenvalue weighted by Gasteiger charge is 2.32. The molecule has 0 atom stereocenters. The van der Waals surface area contributed by atoms with Crippen LogP contribution in [0.2, 0.25) is 5.02 Å². The third-order valence-electron chi connectivity index (χ3n) is 5.88. The number of hydrogen-bond donors (Lipinski definition) is 1. The number of halogens is 6. The highest BCUT2D eigenvalue weighted by molar-refractivity contribution is 6.31. The SMILES string of the molecule is Cn1ncc(-c2cc3c(CCl)n[nH]c(=O)c3c(OCC(F)(F)F)n2)c1-c1c(F)c(Cl)cc(OC2CC2)c1C#N. The van der Waals surface area contributed by atoms with E-state index in [2.05, 4.69) is 20.3 Å². The molecule has 1 saturated carbocycles. The number of rotatable bonds is 7. The summed E-state index contributed by atoms with van der Waals surface area (Å²) in [6.45, 7) is -1.74. The van der Waals surface area contributed by atoms with E-state index in [0.717, 1.165) is 12.8 Å². The van der Waals surface area contributed by atoms with E-state index in [1.54, 1.807) is 0 Å². The molecule has 0 saturated heterocycles. The van der Waals surface area contributed by atoms with Crippen molar-refractivity contribution in [2.45, 2.75) is 31.0 Å². The molecule has 1 fully saturated rings. The molecule has 0 amide bonds. The van der Waals surface area contributed by atoms with Crippen molar-refractivity contribution in [2.75, 3.05) is 6.61 Å².